The van der Waals surface area contributed by atoms with Crippen LogP contribution in [0.5, 0.6) is 11.5 Å². The number of nitrogens with one attached hydrogen (secondary N) is 1. The van der Waals surface area contributed by atoms with Gasteiger partial charge in [0.2, 0.25) is 6.10 Å². The van der Waals surface area contributed by atoms with Crippen LogP contribution in [0.3, 0.4) is 0 Å². The molecule has 0 aliphatic carbocycles. The maximum Gasteiger partial charge on any atom is 0.351 e. The van der Waals surface area contributed by atoms with Gasteiger partial charge < -0.3 is 24.4 Å². The molecule has 1 amide bonds. The first kappa shape index (κ1) is 20.1. The van der Waals surface area contributed by atoms with E-state index in [2.05, 4.69) is 10.2 Å². The Kier molecular flexibility index (Phi) is 6.07. The van der Waals surface area contributed by atoms with Crippen LogP contribution in [0.25, 0.3) is 0 Å². The van der Waals surface area contributed by atoms with Crippen molar-refractivity contribution >= 4 is 23.3 Å². The van der Waals surface area contributed by atoms with E-state index in [1.54, 1.807) is 18.2 Å². The van der Waals surface area contributed by atoms with Gasteiger partial charge in [0.05, 0.1) is 0 Å². The van der Waals surface area contributed by atoms with Gasteiger partial charge in [0.15, 0.2) is 17.6 Å². The van der Waals surface area contributed by atoms with Crippen molar-refractivity contribution in [1.29, 1.82) is 0 Å². The van der Waals surface area contributed by atoms with Gasteiger partial charge in [-0.1, -0.05) is 12.1 Å². The number of piperidine rings is 1. The fourth-order valence-corrected chi connectivity index (χ4v) is 3.59. The van der Waals surface area contributed by atoms with Crippen molar-refractivity contribution in [2.75, 3.05) is 29.9 Å². The fourth-order valence-electron chi connectivity index (χ4n) is 3.59. The van der Waals surface area contributed by atoms with Crippen molar-refractivity contribution in [3.8, 4) is 11.5 Å². The molecule has 4 rings (SSSR count). The first-order chi connectivity index (χ1) is 14.6. The highest BCUT2D eigenvalue weighted by molar-refractivity contribution is 5.95. The van der Waals surface area contributed by atoms with Crippen LogP contribution >= 0.6 is 0 Å². The molecule has 0 unspecified atom stereocenters. The number of fused-ring (bicyclic) bond motifs is 1. The normalized spacial score (nSPS) is 19.0. The Morgan fingerprint density at radius 3 is 2.47 bits per heavy atom. The van der Waals surface area contributed by atoms with Gasteiger partial charge in [-0.25, -0.2) is 4.79 Å². The summed E-state index contributed by atoms with van der Waals surface area (Å²) in [5.41, 5.74) is 1.82. The van der Waals surface area contributed by atoms with Crippen molar-refractivity contribution in [1.82, 2.24) is 0 Å². The van der Waals surface area contributed by atoms with E-state index in [4.69, 9.17) is 14.2 Å². The van der Waals surface area contributed by atoms with Crippen LogP contribution in [0.4, 0.5) is 11.4 Å². The van der Waals surface area contributed by atoms with Crippen LogP contribution in [-0.2, 0) is 14.3 Å². The standard InChI is InChI=1S/C23H26N2O5/c1-16(29-23(27)21-15-28-19-7-3-4-8-20(19)30-21)22(26)24-17-9-11-18(12-10-17)25-13-5-2-6-14-25/h3-4,7-12,16,21H,2,5-6,13-15H2,1H3,(H,24,26)/t16-,21-/m1/s1. The predicted molar refractivity (Wildman–Crippen MR) is 113 cm³/mol. The lowest BCUT2D eigenvalue weighted by Crippen LogP contribution is -2.41. The van der Waals surface area contributed by atoms with Crippen LogP contribution in [0.1, 0.15) is 26.2 Å². The third-order valence-electron chi connectivity index (χ3n) is 5.29. The smallest absolute Gasteiger partial charge is 0.351 e. The number of hydrogen-bond donors (Lipinski definition) is 1. The van der Waals surface area contributed by atoms with Gasteiger partial charge in [0.1, 0.15) is 6.61 Å². The van der Waals surface area contributed by atoms with E-state index in [1.807, 2.05) is 30.3 Å². The number of carbonyl (C=O) groups excluding carboxylic acids is 2. The molecule has 0 radical (unpaired) electrons. The Hall–Kier alpha value is -3.22. The van der Waals surface area contributed by atoms with E-state index < -0.39 is 24.1 Å². The minimum atomic E-state index is -0.958. The van der Waals surface area contributed by atoms with Crippen LogP contribution in [0, 0.1) is 0 Å². The van der Waals surface area contributed by atoms with Crippen molar-refractivity contribution in [3.05, 3.63) is 48.5 Å². The van der Waals surface area contributed by atoms with E-state index in [0.717, 1.165) is 18.8 Å². The largest absolute Gasteiger partial charge is 0.485 e. The third-order valence-corrected chi connectivity index (χ3v) is 5.29. The molecule has 7 heteroatoms. The minimum Gasteiger partial charge on any atom is -0.485 e. The highest BCUT2D eigenvalue weighted by Crippen LogP contribution is 2.31. The highest BCUT2D eigenvalue weighted by atomic mass is 16.6. The SMILES string of the molecule is C[C@@H](OC(=O)[C@H]1COc2ccccc2O1)C(=O)Nc1ccc(N2CCCCC2)cc1. The maximum absolute atomic E-state index is 12.4. The number of amides is 1. The summed E-state index contributed by atoms with van der Waals surface area (Å²) in [7, 11) is 0. The Balaban J connectivity index is 1.29. The second-order valence-corrected chi connectivity index (χ2v) is 7.53. The molecule has 30 heavy (non-hydrogen) atoms. The molecule has 7 nitrogen and oxygen atoms in total. The van der Waals surface area contributed by atoms with E-state index in [-0.39, 0.29) is 6.61 Å². The second kappa shape index (κ2) is 9.07. The summed E-state index contributed by atoms with van der Waals surface area (Å²) in [5, 5.41) is 2.79. The lowest BCUT2D eigenvalue weighted by Gasteiger charge is -2.29. The van der Waals surface area contributed by atoms with Crippen molar-refractivity contribution in [2.45, 2.75) is 38.4 Å². The lowest BCUT2D eigenvalue weighted by molar-refractivity contribution is -0.162. The molecule has 2 aromatic rings. The first-order valence-electron chi connectivity index (χ1n) is 10.3. The second-order valence-electron chi connectivity index (χ2n) is 7.53. The number of hydrogen-bond acceptors (Lipinski definition) is 6. The molecule has 2 heterocycles. The van der Waals surface area contributed by atoms with Gasteiger partial charge in [-0.05, 0) is 62.6 Å². The maximum atomic E-state index is 12.4. The van der Waals surface area contributed by atoms with Gasteiger partial charge in [0.25, 0.3) is 5.91 Å². The topological polar surface area (TPSA) is 77.1 Å². The van der Waals surface area contributed by atoms with Crippen molar-refractivity contribution < 1.29 is 23.8 Å². The summed E-state index contributed by atoms with van der Waals surface area (Å²) in [4.78, 5) is 27.2. The highest BCUT2D eigenvalue weighted by Gasteiger charge is 2.31. The van der Waals surface area contributed by atoms with Crippen LogP contribution in [-0.4, -0.2) is 43.8 Å². The third kappa shape index (κ3) is 4.67. The van der Waals surface area contributed by atoms with Gasteiger partial charge >= 0.3 is 5.97 Å². The molecular weight excluding hydrogens is 384 g/mol. The fraction of sp³-hybridized carbons (Fsp3) is 0.391. The molecule has 2 atom stereocenters. The number of anilines is 2. The Bertz CT molecular complexity index is 893. The van der Waals surface area contributed by atoms with Gasteiger partial charge in [-0.2, -0.15) is 0 Å². The number of ether oxygens (including phenoxy) is 3. The number of carbonyl (C=O) groups is 2. The monoisotopic (exact) mass is 410 g/mol. The summed E-state index contributed by atoms with van der Waals surface area (Å²) in [6.07, 6.45) is 1.84. The zero-order chi connectivity index (χ0) is 20.9. The molecule has 0 bridgehead atoms. The summed E-state index contributed by atoms with van der Waals surface area (Å²) >= 11 is 0. The minimum absolute atomic E-state index is 0.0438. The molecular formula is C23H26N2O5. The first-order valence-corrected chi connectivity index (χ1v) is 10.3. The Morgan fingerprint density at radius 1 is 1.03 bits per heavy atom. The van der Waals surface area contributed by atoms with Crippen LogP contribution < -0.4 is 19.7 Å². The molecule has 2 aromatic carbocycles. The van der Waals surface area contributed by atoms with Crippen molar-refractivity contribution in [2.24, 2.45) is 0 Å². The van der Waals surface area contributed by atoms with Gasteiger partial charge in [0, 0.05) is 24.5 Å². The van der Waals surface area contributed by atoms with E-state index in [0.29, 0.717) is 17.2 Å². The quantitative estimate of drug-likeness (QED) is 0.762. The average Bonchev–Trinajstić information content (AvgIpc) is 2.79. The predicted octanol–water partition coefficient (Wildman–Crippen LogP) is 3.39. The molecule has 158 valence electrons. The van der Waals surface area contributed by atoms with Gasteiger partial charge in [-0.15, -0.1) is 0 Å². The zero-order valence-electron chi connectivity index (χ0n) is 17.0. The molecule has 1 saturated heterocycles. The molecule has 0 saturated carbocycles. The average molecular weight is 410 g/mol. The zero-order valence-corrected chi connectivity index (χ0v) is 17.0. The summed E-state index contributed by atoms with van der Waals surface area (Å²) in [6, 6.07) is 14.8. The van der Waals surface area contributed by atoms with Gasteiger partial charge in [-0.3, -0.25) is 4.79 Å². The summed E-state index contributed by atoms with van der Waals surface area (Å²) < 4.78 is 16.4. The molecule has 1 fully saturated rings. The Morgan fingerprint density at radius 2 is 1.73 bits per heavy atom. The Labute approximate surface area is 175 Å². The van der Waals surface area contributed by atoms with Crippen LogP contribution in [0.15, 0.2) is 48.5 Å². The lowest BCUT2D eigenvalue weighted by atomic mass is 10.1. The van der Waals surface area contributed by atoms with E-state index in [9.17, 15) is 9.59 Å². The number of benzene rings is 2. The summed E-state index contributed by atoms with van der Waals surface area (Å²) in [5.74, 6) is 0.0377. The number of nitrogens with zero attached hydrogens (tertiary/aromatic N) is 1. The molecule has 0 aromatic heterocycles. The number of esters is 1. The molecule has 1 N–H and O–H groups in total. The van der Waals surface area contributed by atoms with Crippen LogP contribution in [0.2, 0.25) is 0 Å². The number of rotatable bonds is 5. The molecule has 2 aliphatic heterocycles. The van der Waals surface area contributed by atoms with Crippen molar-refractivity contribution in [3.63, 3.8) is 0 Å². The van der Waals surface area contributed by atoms with E-state index in [1.165, 1.54) is 26.2 Å². The van der Waals surface area contributed by atoms with E-state index >= 15 is 0 Å². The number of para-hydroxylation sites is 2. The summed E-state index contributed by atoms with van der Waals surface area (Å²) in [6.45, 7) is 3.71. The molecule has 2 aliphatic rings. The molecule has 0 spiro atoms.